The molecule has 1 amide bonds. The van der Waals surface area contributed by atoms with E-state index in [4.69, 9.17) is 5.11 Å². The second kappa shape index (κ2) is 7.53. The topological polar surface area (TPSA) is 77.8 Å². The summed E-state index contributed by atoms with van der Waals surface area (Å²) in [5, 5.41) is 18.3. The highest BCUT2D eigenvalue weighted by Crippen LogP contribution is 2.27. The summed E-state index contributed by atoms with van der Waals surface area (Å²) >= 11 is 0. The Morgan fingerprint density at radius 3 is 2.40 bits per heavy atom. The molecule has 20 heavy (non-hydrogen) atoms. The first kappa shape index (κ1) is 16.0. The average molecular weight is 279 g/mol. The molecule has 0 saturated carbocycles. The molecule has 1 aromatic rings. The van der Waals surface area contributed by atoms with Crippen molar-refractivity contribution in [2.75, 3.05) is 7.05 Å². The van der Waals surface area contributed by atoms with Crippen molar-refractivity contribution >= 4 is 11.9 Å². The number of aromatic hydroxyl groups is 1. The fourth-order valence-electron chi connectivity index (χ4n) is 1.99. The number of carbonyl (C=O) groups excluding carboxylic acids is 1. The van der Waals surface area contributed by atoms with Crippen molar-refractivity contribution in [2.45, 2.75) is 38.6 Å². The normalized spacial score (nSPS) is 11.9. The minimum atomic E-state index is -0.839. The molecule has 2 N–H and O–H groups in total. The van der Waals surface area contributed by atoms with E-state index in [0.29, 0.717) is 24.8 Å². The van der Waals surface area contributed by atoms with Crippen LogP contribution in [0.4, 0.5) is 0 Å². The molecule has 0 heterocycles. The Morgan fingerprint density at radius 1 is 1.20 bits per heavy atom. The predicted molar refractivity (Wildman–Crippen MR) is 75.4 cm³/mol. The maximum Gasteiger partial charge on any atom is 0.303 e. The predicted octanol–water partition coefficient (Wildman–Crippen LogP) is 2.56. The van der Waals surface area contributed by atoms with Crippen LogP contribution in [0, 0.1) is 0 Å². The maximum atomic E-state index is 12.0. The Labute approximate surface area is 118 Å². The molecular weight excluding hydrogens is 258 g/mol. The molecule has 1 unspecified atom stereocenters. The van der Waals surface area contributed by atoms with Crippen molar-refractivity contribution in [1.82, 2.24) is 4.90 Å². The van der Waals surface area contributed by atoms with E-state index in [-0.39, 0.29) is 24.1 Å². The Balaban J connectivity index is 2.52. The van der Waals surface area contributed by atoms with Crippen LogP contribution in [0.5, 0.6) is 5.75 Å². The maximum absolute atomic E-state index is 12.0. The molecule has 0 aliphatic heterocycles. The first-order valence-electron chi connectivity index (χ1n) is 6.68. The zero-order chi connectivity index (χ0) is 15.1. The molecule has 0 aromatic heterocycles. The third-order valence-corrected chi connectivity index (χ3v) is 3.39. The van der Waals surface area contributed by atoms with Crippen molar-refractivity contribution in [1.29, 1.82) is 0 Å². The van der Waals surface area contributed by atoms with Crippen LogP contribution >= 0.6 is 0 Å². The number of benzene rings is 1. The number of unbranched alkanes of at least 4 members (excludes halogenated alkanes) is 1. The van der Waals surface area contributed by atoms with Crippen molar-refractivity contribution in [3.8, 4) is 5.75 Å². The molecule has 1 aromatic carbocycles. The molecular formula is C15H21NO4. The van der Waals surface area contributed by atoms with E-state index in [0.717, 1.165) is 0 Å². The lowest BCUT2D eigenvalue weighted by atomic mass is 10.1. The van der Waals surface area contributed by atoms with E-state index in [1.54, 1.807) is 30.1 Å². The van der Waals surface area contributed by atoms with Gasteiger partial charge < -0.3 is 15.1 Å². The van der Waals surface area contributed by atoms with Crippen molar-refractivity contribution in [3.05, 3.63) is 29.8 Å². The smallest absolute Gasteiger partial charge is 0.303 e. The van der Waals surface area contributed by atoms with Crippen molar-refractivity contribution < 1.29 is 19.8 Å². The molecule has 0 fully saturated rings. The lowest BCUT2D eigenvalue weighted by Gasteiger charge is -2.26. The summed E-state index contributed by atoms with van der Waals surface area (Å²) in [6, 6.07) is 6.71. The van der Waals surface area contributed by atoms with Gasteiger partial charge in [0.15, 0.2) is 0 Å². The van der Waals surface area contributed by atoms with Gasteiger partial charge in [0.2, 0.25) is 5.91 Å². The second-order valence-electron chi connectivity index (χ2n) is 4.84. The van der Waals surface area contributed by atoms with Gasteiger partial charge in [-0.3, -0.25) is 9.59 Å². The van der Waals surface area contributed by atoms with Gasteiger partial charge in [0.05, 0.1) is 6.04 Å². The van der Waals surface area contributed by atoms with Crippen LogP contribution in [0.15, 0.2) is 24.3 Å². The summed E-state index contributed by atoms with van der Waals surface area (Å²) in [7, 11) is 1.69. The number of phenolic OH excluding ortho intramolecular Hbond substituents is 1. The van der Waals surface area contributed by atoms with Crippen LogP contribution in [-0.2, 0) is 9.59 Å². The first-order chi connectivity index (χ1) is 9.43. The largest absolute Gasteiger partial charge is 0.508 e. The molecule has 0 radical (unpaired) electrons. The standard InChI is InChI=1S/C15H21NO4/c1-11(12-7-3-4-8-13(12)17)16(2)14(18)9-5-6-10-15(19)20/h3-4,7-8,11,17H,5-6,9-10H2,1-2H3,(H,19,20). The molecule has 5 heteroatoms. The Morgan fingerprint density at radius 2 is 1.80 bits per heavy atom. The van der Waals surface area contributed by atoms with Crippen LogP contribution < -0.4 is 0 Å². The zero-order valence-electron chi connectivity index (χ0n) is 11.9. The second-order valence-corrected chi connectivity index (χ2v) is 4.84. The number of aliphatic carboxylic acids is 1. The lowest BCUT2D eigenvalue weighted by molar-refractivity contribution is -0.137. The Hall–Kier alpha value is -2.04. The number of hydrogen-bond acceptors (Lipinski definition) is 3. The van der Waals surface area contributed by atoms with E-state index in [2.05, 4.69) is 0 Å². The molecule has 0 aliphatic rings. The SMILES string of the molecule is CC(c1ccccc1O)N(C)C(=O)CCCCC(=O)O. The van der Waals surface area contributed by atoms with E-state index in [1.165, 1.54) is 0 Å². The van der Waals surface area contributed by atoms with Crippen LogP contribution in [0.25, 0.3) is 0 Å². The molecule has 1 atom stereocenters. The number of phenols is 1. The number of nitrogens with zero attached hydrogens (tertiary/aromatic N) is 1. The molecule has 0 saturated heterocycles. The number of hydrogen-bond donors (Lipinski definition) is 2. The molecule has 0 aliphatic carbocycles. The number of carboxylic acid groups (broad SMARTS) is 1. The summed E-state index contributed by atoms with van der Waals surface area (Å²) < 4.78 is 0. The van der Waals surface area contributed by atoms with E-state index >= 15 is 0 Å². The number of amides is 1. The zero-order valence-corrected chi connectivity index (χ0v) is 11.9. The Bertz CT molecular complexity index is 473. The highest BCUT2D eigenvalue weighted by molar-refractivity contribution is 5.76. The quantitative estimate of drug-likeness (QED) is 0.752. The molecule has 0 spiro atoms. The highest BCUT2D eigenvalue weighted by Gasteiger charge is 2.19. The van der Waals surface area contributed by atoms with Gasteiger partial charge in [-0.1, -0.05) is 18.2 Å². The van der Waals surface area contributed by atoms with Crippen LogP contribution in [0.1, 0.15) is 44.2 Å². The van der Waals surface area contributed by atoms with E-state index in [1.807, 2.05) is 13.0 Å². The molecule has 0 bridgehead atoms. The summed E-state index contributed by atoms with van der Waals surface area (Å²) in [5.74, 6) is -0.718. The van der Waals surface area contributed by atoms with Gasteiger partial charge in [-0.2, -0.15) is 0 Å². The summed E-state index contributed by atoms with van der Waals surface area (Å²) in [5.41, 5.74) is 0.703. The minimum absolute atomic E-state index is 0.0499. The third kappa shape index (κ3) is 4.57. The number of para-hydroxylation sites is 1. The van der Waals surface area contributed by atoms with Gasteiger partial charge in [-0.25, -0.2) is 0 Å². The van der Waals surface area contributed by atoms with Crippen LogP contribution in [0.3, 0.4) is 0 Å². The highest BCUT2D eigenvalue weighted by atomic mass is 16.4. The minimum Gasteiger partial charge on any atom is -0.508 e. The third-order valence-electron chi connectivity index (χ3n) is 3.39. The van der Waals surface area contributed by atoms with Crippen LogP contribution in [-0.4, -0.2) is 34.0 Å². The summed E-state index contributed by atoms with van der Waals surface area (Å²) in [6.45, 7) is 1.85. The summed E-state index contributed by atoms with van der Waals surface area (Å²) in [6.07, 6.45) is 1.47. The first-order valence-corrected chi connectivity index (χ1v) is 6.68. The molecule has 110 valence electrons. The van der Waals surface area contributed by atoms with Crippen LogP contribution in [0.2, 0.25) is 0 Å². The average Bonchev–Trinajstić information content (AvgIpc) is 2.42. The van der Waals surface area contributed by atoms with Gasteiger partial charge >= 0.3 is 5.97 Å². The lowest BCUT2D eigenvalue weighted by Crippen LogP contribution is -2.29. The molecule has 1 rings (SSSR count). The Kier molecular flexibility index (Phi) is 6.03. The fraction of sp³-hybridized carbons (Fsp3) is 0.467. The number of carbonyl (C=O) groups is 2. The van der Waals surface area contributed by atoms with Gasteiger partial charge in [-0.05, 0) is 25.8 Å². The fourth-order valence-corrected chi connectivity index (χ4v) is 1.99. The number of rotatable bonds is 7. The van der Waals surface area contributed by atoms with Gasteiger partial charge in [0.25, 0.3) is 0 Å². The van der Waals surface area contributed by atoms with E-state index in [9.17, 15) is 14.7 Å². The number of carboxylic acids is 1. The van der Waals surface area contributed by atoms with Crippen molar-refractivity contribution in [2.24, 2.45) is 0 Å². The monoisotopic (exact) mass is 279 g/mol. The molecule has 5 nitrogen and oxygen atoms in total. The van der Waals surface area contributed by atoms with E-state index < -0.39 is 5.97 Å². The van der Waals surface area contributed by atoms with Gasteiger partial charge in [-0.15, -0.1) is 0 Å². The van der Waals surface area contributed by atoms with Crippen molar-refractivity contribution in [3.63, 3.8) is 0 Å². The van der Waals surface area contributed by atoms with Gasteiger partial charge in [0.1, 0.15) is 5.75 Å². The van der Waals surface area contributed by atoms with Gasteiger partial charge in [0, 0.05) is 25.5 Å². The summed E-state index contributed by atoms with van der Waals surface area (Å²) in [4.78, 5) is 24.0.